The molecular formula is C21H24F2N2O2. The van der Waals surface area contributed by atoms with Crippen molar-refractivity contribution in [3.8, 4) is 5.75 Å². The summed E-state index contributed by atoms with van der Waals surface area (Å²) in [7, 11) is 0. The lowest BCUT2D eigenvalue weighted by atomic mass is 9.96. The average molecular weight is 374 g/mol. The number of carbonyl (C=O) groups excluding carboxylic acids is 1. The van der Waals surface area contributed by atoms with Crippen LogP contribution in [0.4, 0.5) is 8.78 Å². The largest absolute Gasteiger partial charge is 0.435 e. The van der Waals surface area contributed by atoms with Gasteiger partial charge in [0.25, 0.3) is 0 Å². The number of piperidine rings is 1. The minimum atomic E-state index is -2.83. The number of benzene rings is 2. The summed E-state index contributed by atoms with van der Waals surface area (Å²) in [5.41, 5.74) is 2.10. The summed E-state index contributed by atoms with van der Waals surface area (Å²) < 4.78 is 28.7. The lowest BCUT2D eigenvalue weighted by Gasteiger charge is -2.32. The Bertz CT molecular complexity index is 723. The van der Waals surface area contributed by atoms with Gasteiger partial charge in [-0.2, -0.15) is 8.78 Å². The standard InChI is InChI=1S/C21H24F2N2O2/c22-21(23)27-19-10-8-16(9-11-19)13-24-20(26)18-7-4-12-25(15-18)14-17-5-2-1-3-6-17/h1-3,5-6,8-11,18,21H,4,7,12-15H2,(H,24,26). The lowest BCUT2D eigenvalue weighted by Crippen LogP contribution is -2.42. The lowest BCUT2D eigenvalue weighted by molar-refractivity contribution is -0.126. The smallest absolute Gasteiger partial charge is 0.387 e. The molecule has 4 nitrogen and oxygen atoms in total. The number of nitrogens with zero attached hydrogens (tertiary/aromatic N) is 1. The summed E-state index contributed by atoms with van der Waals surface area (Å²) in [6.07, 6.45) is 1.89. The van der Waals surface area contributed by atoms with Gasteiger partial charge in [0.2, 0.25) is 5.91 Å². The molecule has 1 unspecified atom stereocenters. The average Bonchev–Trinajstić information content (AvgIpc) is 2.68. The Hall–Kier alpha value is -2.47. The molecule has 2 aromatic carbocycles. The van der Waals surface area contributed by atoms with Crippen molar-refractivity contribution < 1.29 is 18.3 Å². The molecule has 6 heteroatoms. The molecule has 144 valence electrons. The zero-order valence-electron chi connectivity index (χ0n) is 15.1. The van der Waals surface area contributed by atoms with Crippen LogP contribution in [-0.2, 0) is 17.9 Å². The Balaban J connectivity index is 1.47. The van der Waals surface area contributed by atoms with E-state index < -0.39 is 6.61 Å². The number of amides is 1. The van der Waals surface area contributed by atoms with Gasteiger partial charge >= 0.3 is 6.61 Å². The predicted molar refractivity (Wildman–Crippen MR) is 99.4 cm³/mol. The van der Waals surface area contributed by atoms with Crippen molar-refractivity contribution in [1.29, 1.82) is 0 Å². The van der Waals surface area contributed by atoms with Crippen molar-refractivity contribution in [2.75, 3.05) is 13.1 Å². The van der Waals surface area contributed by atoms with Crippen LogP contribution in [0, 0.1) is 5.92 Å². The molecule has 1 N–H and O–H groups in total. The Kier molecular flexibility index (Phi) is 6.76. The van der Waals surface area contributed by atoms with Gasteiger partial charge in [-0.1, -0.05) is 42.5 Å². The number of carbonyl (C=O) groups is 1. The van der Waals surface area contributed by atoms with Crippen molar-refractivity contribution in [3.05, 3.63) is 65.7 Å². The molecule has 1 atom stereocenters. The summed E-state index contributed by atoms with van der Waals surface area (Å²) >= 11 is 0. The molecule has 0 saturated carbocycles. The Morgan fingerprint density at radius 1 is 1.11 bits per heavy atom. The molecule has 1 amide bonds. The molecule has 0 aliphatic carbocycles. The van der Waals surface area contributed by atoms with Gasteiger partial charge in [-0.15, -0.1) is 0 Å². The summed E-state index contributed by atoms with van der Waals surface area (Å²) in [4.78, 5) is 14.8. The Morgan fingerprint density at radius 3 is 2.56 bits per heavy atom. The zero-order chi connectivity index (χ0) is 19.1. The SMILES string of the molecule is O=C(NCc1ccc(OC(F)F)cc1)C1CCCN(Cc2ccccc2)C1. The molecule has 1 saturated heterocycles. The Labute approximate surface area is 158 Å². The highest BCUT2D eigenvalue weighted by atomic mass is 19.3. The molecule has 1 aliphatic rings. The van der Waals surface area contributed by atoms with Gasteiger partial charge in [0.15, 0.2) is 0 Å². The number of likely N-dealkylation sites (tertiary alicyclic amines) is 1. The minimum absolute atomic E-state index is 0.0242. The van der Waals surface area contributed by atoms with E-state index in [9.17, 15) is 13.6 Å². The van der Waals surface area contributed by atoms with E-state index in [1.54, 1.807) is 12.1 Å². The zero-order valence-corrected chi connectivity index (χ0v) is 15.1. The first-order chi connectivity index (χ1) is 13.1. The van der Waals surface area contributed by atoms with E-state index in [2.05, 4.69) is 27.1 Å². The summed E-state index contributed by atoms with van der Waals surface area (Å²) in [5, 5.41) is 2.96. The third-order valence-electron chi connectivity index (χ3n) is 4.74. The first-order valence-corrected chi connectivity index (χ1v) is 9.18. The van der Waals surface area contributed by atoms with Crippen LogP contribution in [0.2, 0.25) is 0 Å². The van der Waals surface area contributed by atoms with Crippen LogP contribution < -0.4 is 10.1 Å². The van der Waals surface area contributed by atoms with Gasteiger partial charge in [-0.3, -0.25) is 9.69 Å². The van der Waals surface area contributed by atoms with E-state index in [1.807, 2.05) is 18.2 Å². The van der Waals surface area contributed by atoms with E-state index in [0.717, 1.165) is 38.0 Å². The summed E-state index contributed by atoms with van der Waals surface area (Å²) in [6.45, 7) is 0.159. The second-order valence-corrected chi connectivity index (χ2v) is 6.80. The van der Waals surface area contributed by atoms with E-state index in [4.69, 9.17) is 0 Å². The molecule has 1 aliphatic heterocycles. The van der Waals surface area contributed by atoms with Gasteiger partial charge < -0.3 is 10.1 Å². The first kappa shape index (κ1) is 19.3. The monoisotopic (exact) mass is 374 g/mol. The van der Waals surface area contributed by atoms with Crippen LogP contribution in [0.1, 0.15) is 24.0 Å². The molecule has 0 aromatic heterocycles. The van der Waals surface area contributed by atoms with Crippen LogP contribution in [-0.4, -0.2) is 30.5 Å². The fourth-order valence-corrected chi connectivity index (χ4v) is 3.38. The van der Waals surface area contributed by atoms with Crippen LogP contribution in [0.25, 0.3) is 0 Å². The van der Waals surface area contributed by atoms with Crippen molar-refractivity contribution in [2.45, 2.75) is 32.5 Å². The quantitative estimate of drug-likeness (QED) is 0.801. The maximum Gasteiger partial charge on any atom is 0.387 e. The van der Waals surface area contributed by atoms with Crippen molar-refractivity contribution >= 4 is 5.91 Å². The number of alkyl halides is 2. The number of nitrogens with one attached hydrogen (secondary N) is 1. The van der Waals surface area contributed by atoms with Crippen molar-refractivity contribution in [1.82, 2.24) is 10.2 Å². The molecule has 2 aromatic rings. The molecule has 3 rings (SSSR count). The van der Waals surface area contributed by atoms with Gasteiger partial charge in [-0.05, 0) is 42.6 Å². The maximum atomic E-state index is 12.5. The summed E-state index contributed by atoms with van der Waals surface area (Å²) in [6, 6.07) is 16.6. The molecule has 0 radical (unpaired) electrons. The van der Waals surface area contributed by atoms with Gasteiger partial charge in [0.05, 0.1) is 5.92 Å². The van der Waals surface area contributed by atoms with Crippen molar-refractivity contribution in [2.24, 2.45) is 5.92 Å². The highest BCUT2D eigenvalue weighted by molar-refractivity contribution is 5.79. The number of ether oxygens (including phenoxy) is 1. The third kappa shape index (κ3) is 6.03. The second-order valence-electron chi connectivity index (χ2n) is 6.80. The minimum Gasteiger partial charge on any atom is -0.435 e. The molecule has 0 bridgehead atoms. The van der Waals surface area contributed by atoms with E-state index >= 15 is 0 Å². The fraction of sp³-hybridized carbons (Fsp3) is 0.381. The topological polar surface area (TPSA) is 41.6 Å². The fourth-order valence-electron chi connectivity index (χ4n) is 3.38. The van der Waals surface area contributed by atoms with E-state index in [1.165, 1.54) is 17.7 Å². The first-order valence-electron chi connectivity index (χ1n) is 9.18. The molecule has 0 spiro atoms. The van der Waals surface area contributed by atoms with E-state index in [0.29, 0.717) is 6.54 Å². The molecule has 1 fully saturated rings. The highest BCUT2D eigenvalue weighted by Crippen LogP contribution is 2.19. The van der Waals surface area contributed by atoms with Crippen LogP contribution in [0.15, 0.2) is 54.6 Å². The highest BCUT2D eigenvalue weighted by Gasteiger charge is 2.25. The van der Waals surface area contributed by atoms with Crippen molar-refractivity contribution in [3.63, 3.8) is 0 Å². The number of hydrogen-bond donors (Lipinski definition) is 1. The van der Waals surface area contributed by atoms with Gasteiger partial charge in [-0.25, -0.2) is 0 Å². The number of hydrogen-bond acceptors (Lipinski definition) is 3. The molecule has 27 heavy (non-hydrogen) atoms. The van der Waals surface area contributed by atoms with Gasteiger partial charge in [0, 0.05) is 19.6 Å². The maximum absolute atomic E-state index is 12.5. The van der Waals surface area contributed by atoms with Gasteiger partial charge in [0.1, 0.15) is 5.75 Å². The molecular weight excluding hydrogens is 350 g/mol. The third-order valence-corrected chi connectivity index (χ3v) is 4.74. The van der Waals surface area contributed by atoms with Crippen LogP contribution in [0.5, 0.6) is 5.75 Å². The second kappa shape index (κ2) is 9.46. The number of halogens is 2. The van der Waals surface area contributed by atoms with Crippen LogP contribution >= 0.6 is 0 Å². The van der Waals surface area contributed by atoms with Crippen LogP contribution in [0.3, 0.4) is 0 Å². The Morgan fingerprint density at radius 2 is 1.85 bits per heavy atom. The molecule has 1 heterocycles. The summed E-state index contributed by atoms with van der Waals surface area (Å²) in [5.74, 6) is 0.133. The normalized spacial score (nSPS) is 17.7. The number of rotatable bonds is 7. The van der Waals surface area contributed by atoms with E-state index in [-0.39, 0.29) is 17.6 Å². The predicted octanol–water partition coefficient (Wildman–Crippen LogP) is 3.82.